The molecule has 0 bridgehead atoms. The van der Waals surface area contributed by atoms with Crippen molar-refractivity contribution < 1.29 is 0 Å². The van der Waals surface area contributed by atoms with Crippen molar-refractivity contribution in [3.05, 3.63) is 0 Å². The van der Waals surface area contributed by atoms with Crippen LogP contribution in [0.1, 0.15) is 40.0 Å². The molecule has 0 radical (unpaired) electrons. The fourth-order valence-electron chi connectivity index (χ4n) is 2.75. The molecule has 0 amide bonds. The Morgan fingerprint density at radius 3 is 2.37 bits per heavy atom. The Morgan fingerprint density at radius 2 is 1.89 bits per heavy atom. The summed E-state index contributed by atoms with van der Waals surface area (Å²) in [4.78, 5) is 4.90. The van der Waals surface area contributed by atoms with Gasteiger partial charge in [-0.3, -0.25) is 5.32 Å². The van der Waals surface area contributed by atoms with Gasteiger partial charge in [0.15, 0.2) is 0 Å². The third kappa shape index (κ3) is 5.48. The average Bonchev–Trinajstić information content (AvgIpc) is 2.39. The lowest BCUT2D eigenvalue weighted by atomic mass is 9.91. The van der Waals surface area contributed by atoms with Gasteiger partial charge in [0.05, 0.1) is 6.07 Å². The van der Waals surface area contributed by atoms with Crippen molar-refractivity contribution in [2.45, 2.75) is 51.6 Å². The molecule has 0 aromatic carbocycles. The Bertz CT molecular complexity index is 289. The monoisotopic (exact) mass is 266 g/mol. The molecule has 1 unspecified atom stereocenters. The minimum Gasteiger partial charge on any atom is -0.304 e. The zero-order chi connectivity index (χ0) is 14.3. The van der Waals surface area contributed by atoms with Crippen LogP contribution in [-0.4, -0.2) is 61.2 Å². The molecule has 1 heterocycles. The van der Waals surface area contributed by atoms with E-state index in [-0.39, 0.29) is 5.54 Å². The van der Waals surface area contributed by atoms with Crippen LogP contribution < -0.4 is 5.32 Å². The van der Waals surface area contributed by atoms with Gasteiger partial charge in [0.1, 0.15) is 5.54 Å². The summed E-state index contributed by atoms with van der Waals surface area (Å²) in [5.41, 5.74) is -0.333. The number of hydrogen-bond acceptors (Lipinski definition) is 4. The topological polar surface area (TPSA) is 42.3 Å². The predicted octanol–water partition coefficient (Wildman–Crippen LogP) is 1.68. The molecule has 1 saturated heterocycles. The second-order valence-corrected chi connectivity index (χ2v) is 6.09. The van der Waals surface area contributed by atoms with E-state index in [9.17, 15) is 5.26 Å². The Labute approximate surface area is 118 Å². The maximum Gasteiger partial charge on any atom is 0.106 e. The van der Waals surface area contributed by atoms with Crippen LogP contribution in [0, 0.1) is 11.3 Å². The first-order chi connectivity index (χ1) is 9.01. The Morgan fingerprint density at radius 1 is 1.26 bits per heavy atom. The predicted molar refractivity (Wildman–Crippen MR) is 80.1 cm³/mol. The molecule has 1 aliphatic rings. The molecular weight excluding hydrogens is 236 g/mol. The van der Waals surface area contributed by atoms with Crippen LogP contribution in [0.2, 0.25) is 0 Å². The van der Waals surface area contributed by atoms with Crippen LogP contribution in [0.15, 0.2) is 0 Å². The van der Waals surface area contributed by atoms with Crippen LogP contribution in [0.25, 0.3) is 0 Å². The average molecular weight is 266 g/mol. The highest BCUT2D eigenvalue weighted by molar-refractivity contribution is 5.06. The van der Waals surface area contributed by atoms with Crippen molar-refractivity contribution in [2.75, 3.05) is 39.8 Å². The molecule has 1 rings (SSSR count). The Hall–Kier alpha value is -0.630. The van der Waals surface area contributed by atoms with E-state index in [2.05, 4.69) is 49.0 Å². The number of nitrogens with one attached hydrogen (secondary N) is 1. The van der Waals surface area contributed by atoms with Crippen molar-refractivity contribution in [3.8, 4) is 6.07 Å². The number of nitrogens with zero attached hydrogens (tertiary/aromatic N) is 3. The molecular formula is C15H30N4. The van der Waals surface area contributed by atoms with E-state index < -0.39 is 0 Å². The van der Waals surface area contributed by atoms with E-state index in [1.54, 1.807) is 0 Å². The fourth-order valence-corrected chi connectivity index (χ4v) is 2.75. The summed E-state index contributed by atoms with van der Waals surface area (Å²) >= 11 is 0. The van der Waals surface area contributed by atoms with E-state index in [1.165, 1.54) is 26.2 Å². The third-order valence-electron chi connectivity index (χ3n) is 4.06. The van der Waals surface area contributed by atoms with E-state index in [1.807, 2.05) is 0 Å². The van der Waals surface area contributed by atoms with Crippen molar-refractivity contribution in [2.24, 2.45) is 0 Å². The van der Waals surface area contributed by atoms with Gasteiger partial charge in [-0.15, -0.1) is 0 Å². The summed E-state index contributed by atoms with van der Waals surface area (Å²) in [5, 5.41) is 12.9. The third-order valence-corrected chi connectivity index (χ3v) is 4.06. The molecule has 1 fully saturated rings. The SMILES string of the molecule is CCC(C#N)(CCCN1CCN(C)CC1)NC(C)C. The molecule has 0 saturated carbocycles. The number of piperazine rings is 1. The number of rotatable bonds is 7. The van der Waals surface area contributed by atoms with Gasteiger partial charge in [-0.25, -0.2) is 0 Å². The minimum atomic E-state index is -0.333. The highest BCUT2D eigenvalue weighted by Crippen LogP contribution is 2.18. The van der Waals surface area contributed by atoms with Gasteiger partial charge in [-0.1, -0.05) is 6.92 Å². The quantitative estimate of drug-likeness (QED) is 0.761. The van der Waals surface area contributed by atoms with Crippen molar-refractivity contribution >= 4 is 0 Å². The van der Waals surface area contributed by atoms with Gasteiger partial charge in [0.25, 0.3) is 0 Å². The Balaban J connectivity index is 2.34. The zero-order valence-electron chi connectivity index (χ0n) is 13.1. The minimum absolute atomic E-state index is 0.333. The second-order valence-electron chi connectivity index (χ2n) is 6.09. The van der Waals surface area contributed by atoms with Gasteiger partial charge in [0.2, 0.25) is 0 Å². The summed E-state index contributed by atoms with van der Waals surface area (Å²) in [7, 11) is 2.18. The van der Waals surface area contributed by atoms with Crippen LogP contribution in [-0.2, 0) is 0 Å². The van der Waals surface area contributed by atoms with Crippen LogP contribution >= 0.6 is 0 Å². The number of hydrogen-bond donors (Lipinski definition) is 1. The van der Waals surface area contributed by atoms with E-state index in [0.717, 1.165) is 25.8 Å². The molecule has 110 valence electrons. The summed E-state index contributed by atoms with van der Waals surface area (Å²) in [6.07, 6.45) is 2.93. The van der Waals surface area contributed by atoms with Crippen LogP contribution in [0.4, 0.5) is 0 Å². The molecule has 4 heteroatoms. The molecule has 1 aliphatic heterocycles. The summed E-state index contributed by atoms with van der Waals surface area (Å²) in [6.45, 7) is 12.1. The molecule has 4 nitrogen and oxygen atoms in total. The lowest BCUT2D eigenvalue weighted by Gasteiger charge is -2.34. The second kappa shape index (κ2) is 7.84. The molecule has 0 aliphatic carbocycles. The molecule has 0 aromatic rings. The van der Waals surface area contributed by atoms with Crippen LogP contribution in [0.3, 0.4) is 0 Å². The van der Waals surface area contributed by atoms with Gasteiger partial charge in [-0.2, -0.15) is 5.26 Å². The first kappa shape index (κ1) is 16.4. The zero-order valence-corrected chi connectivity index (χ0v) is 13.1. The first-order valence-corrected chi connectivity index (χ1v) is 7.61. The maximum absolute atomic E-state index is 9.46. The summed E-state index contributed by atoms with van der Waals surface area (Å²) < 4.78 is 0. The lowest BCUT2D eigenvalue weighted by molar-refractivity contribution is 0.148. The normalized spacial score (nSPS) is 21.3. The van der Waals surface area contributed by atoms with Crippen LogP contribution in [0.5, 0.6) is 0 Å². The van der Waals surface area contributed by atoms with Crippen molar-refractivity contribution in [1.82, 2.24) is 15.1 Å². The molecule has 0 spiro atoms. The molecule has 1 N–H and O–H groups in total. The number of likely N-dealkylation sites (N-methyl/N-ethyl adjacent to an activating group) is 1. The molecule has 19 heavy (non-hydrogen) atoms. The largest absolute Gasteiger partial charge is 0.304 e. The van der Waals surface area contributed by atoms with E-state index in [0.29, 0.717) is 6.04 Å². The molecule has 0 aromatic heterocycles. The summed E-state index contributed by atoms with van der Waals surface area (Å²) in [6, 6.07) is 2.87. The first-order valence-electron chi connectivity index (χ1n) is 7.61. The van der Waals surface area contributed by atoms with Crippen molar-refractivity contribution in [3.63, 3.8) is 0 Å². The number of nitriles is 1. The fraction of sp³-hybridized carbons (Fsp3) is 0.933. The van der Waals surface area contributed by atoms with Gasteiger partial charge < -0.3 is 9.80 Å². The lowest BCUT2D eigenvalue weighted by Crippen LogP contribution is -2.48. The van der Waals surface area contributed by atoms with E-state index >= 15 is 0 Å². The maximum atomic E-state index is 9.46. The van der Waals surface area contributed by atoms with Gasteiger partial charge in [-0.05, 0) is 46.7 Å². The smallest absolute Gasteiger partial charge is 0.106 e. The Kier molecular flexibility index (Phi) is 6.78. The summed E-state index contributed by atoms with van der Waals surface area (Å²) in [5.74, 6) is 0. The van der Waals surface area contributed by atoms with Gasteiger partial charge in [0, 0.05) is 32.2 Å². The van der Waals surface area contributed by atoms with Gasteiger partial charge >= 0.3 is 0 Å². The van der Waals surface area contributed by atoms with Crippen molar-refractivity contribution in [1.29, 1.82) is 5.26 Å². The molecule has 1 atom stereocenters. The highest BCUT2D eigenvalue weighted by atomic mass is 15.2. The highest BCUT2D eigenvalue weighted by Gasteiger charge is 2.28. The van der Waals surface area contributed by atoms with E-state index in [4.69, 9.17) is 0 Å². The standard InChI is InChI=1S/C15H30N4/c1-5-15(13-16,17-14(2)3)7-6-8-19-11-9-18(4)10-12-19/h14,17H,5-12H2,1-4H3.